The molecule has 3 unspecified atom stereocenters. The molecule has 1 aromatic rings. The number of hydrogen-bond acceptors (Lipinski definition) is 3. The zero-order valence-corrected chi connectivity index (χ0v) is 10.8. The molecule has 0 aromatic carbocycles. The standard InChI is InChI=1S/C11H17NOS2/c1-8-3-5-14-11(8)10-7-15(13)6-4-9(2)12-10/h3,5,9-10,12H,4,6-7H2,1-2H3. The van der Waals surface area contributed by atoms with Gasteiger partial charge in [-0.15, -0.1) is 11.3 Å². The van der Waals surface area contributed by atoms with E-state index in [9.17, 15) is 4.21 Å². The van der Waals surface area contributed by atoms with Crippen LogP contribution in [0.1, 0.15) is 29.8 Å². The van der Waals surface area contributed by atoms with Crippen LogP contribution >= 0.6 is 11.3 Å². The van der Waals surface area contributed by atoms with E-state index >= 15 is 0 Å². The van der Waals surface area contributed by atoms with Gasteiger partial charge in [-0.05, 0) is 37.3 Å². The summed E-state index contributed by atoms with van der Waals surface area (Å²) in [7, 11) is -0.657. The van der Waals surface area contributed by atoms with Gasteiger partial charge in [0.1, 0.15) is 0 Å². The van der Waals surface area contributed by atoms with Crippen LogP contribution < -0.4 is 5.32 Å². The quantitative estimate of drug-likeness (QED) is 0.819. The number of aryl methyl sites for hydroxylation is 1. The third-order valence-corrected chi connectivity index (χ3v) is 5.36. The van der Waals surface area contributed by atoms with Crippen LogP contribution in [0.5, 0.6) is 0 Å². The Morgan fingerprint density at radius 3 is 3.07 bits per heavy atom. The van der Waals surface area contributed by atoms with E-state index in [1.807, 2.05) is 0 Å². The van der Waals surface area contributed by atoms with Crippen LogP contribution in [0.25, 0.3) is 0 Å². The molecule has 2 nitrogen and oxygen atoms in total. The summed E-state index contributed by atoms with van der Waals surface area (Å²) in [6.45, 7) is 4.31. The highest BCUT2D eigenvalue weighted by Gasteiger charge is 2.23. The first-order valence-corrected chi connectivity index (χ1v) is 7.68. The first-order valence-electron chi connectivity index (χ1n) is 5.32. The Hall–Kier alpha value is -0.190. The van der Waals surface area contributed by atoms with Crippen molar-refractivity contribution in [3.05, 3.63) is 21.9 Å². The first-order chi connectivity index (χ1) is 7.16. The van der Waals surface area contributed by atoms with Gasteiger partial charge in [0.05, 0.1) is 6.04 Å². The molecule has 0 radical (unpaired) electrons. The summed E-state index contributed by atoms with van der Waals surface area (Å²) < 4.78 is 11.7. The molecule has 1 aliphatic heterocycles. The Morgan fingerprint density at radius 2 is 2.40 bits per heavy atom. The second-order valence-corrected chi connectivity index (χ2v) is 6.76. The van der Waals surface area contributed by atoms with Gasteiger partial charge in [-0.3, -0.25) is 4.21 Å². The van der Waals surface area contributed by atoms with E-state index in [1.54, 1.807) is 11.3 Å². The zero-order chi connectivity index (χ0) is 10.8. The van der Waals surface area contributed by atoms with Crippen molar-refractivity contribution in [3.63, 3.8) is 0 Å². The van der Waals surface area contributed by atoms with Gasteiger partial charge in [0.2, 0.25) is 0 Å². The van der Waals surface area contributed by atoms with E-state index in [4.69, 9.17) is 0 Å². The number of thiophene rings is 1. The fourth-order valence-corrected chi connectivity index (χ4v) is 4.46. The van der Waals surface area contributed by atoms with Gasteiger partial charge in [-0.1, -0.05) is 0 Å². The van der Waals surface area contributed by atoms with E-state index in [1.165, 1.54) is 10.4 Å². The van der Waals surface area contributed by atoms with Crippen molar-refractivity contribution in [2.45, 2.75) is 32.4 Å². The van der Waals surface area contributed by atoms with E-state index in [-0.39, 0.29) is 0 Å². The lowest BCUT2D eigenvalue weighted by atomic mass is 10.1. The highest BCUT2D eigenvalue weighted by atomic mass is 32.2. The SMILES string of the molecule is Cc1ccsc1C1CS(=O)CCC(C)N1. The summed E-state index contributed by atoms with van der Waals surface area (Å²) in [6.07, 6.45) is 1.02. The molecule has 84 valence electrons. The van der Waals surface area contributed by atoms with Crippen molar-refractivity contribution in [3.8, 4) is 0 Å². The number of rotatable bonds is 1. The van der Waals surface area contributed by atoms with Crippen LogP contribution in [-0.4, -0.2) is 21.8 Å². The first kappa shape index (κ1) is 11.3. The van der Waals surface area contributed by atoms with E-state index in [0.29, 0.717) is 12.1 Å². The van der Waals surface area contributed by atoms with Gasteiger partial charge in [0.15, 0.2) is 0 Å². The van der Waals surface area contributed by atoms with Gasteiger partial charge < -0.3 is 5.32 Å². The minimum Gasteiger partial charge on any atom is -0.306 e. The van der Waals surface area contributed by atoms with Crippen LogP contribution in [0.15, 0.2) is 11.4 Å². The maximum Gasteiger partial charge on any atom is 0.0536 e. The lowest BCUT2D eigenvalue weighted by Gasteiger charge is -2.18. The molecule has 1 aromatic heterocycles. The molecule has 15 heavy (non-hydrogen) atoms. The molecule has 1 N–H and O–H groups in total. The fraction of sp³-hybridized carbons (Fsp3) is 0.636. The van der Waals surface area contributed by atoms with Gasteiger partial charge in [-0.25, -0.2) is 0 Å². The summed E-state index contributed by atoms with van der Waals surface area (Å²) in [4.78, 5) is 1.36. The molecule has 0 aliphatic carbocycles. The van der Waals surface area contributed by atoms with E-state index in [2.05, 4.69) is 30.6 Å². The third kappa shape index (κ3) is 2.68. The summed E-state index contributed by atoms with van der Waals surface area (Å²) >= 11 is 1.77. The molecule has 0 saturated carbocycles. The molecule has 1 aliphatic rings. The molecule has 2 heterocycles. The number of nitrogens with one attached hydrogen (secondary N) is 1. The summed E-state index contributed by atoms with van der Waals surface area (Å²) in [5.41, 5.74) is 1.32. The summed E-state index contributed by atoms with van der Waals surface area (Å²) in [5.74, 6) is 1.61. The van der Waals surface area contributed by atoms with Crippen molar-refractivity contribution in [2.24, 2.45) is 0 Å². The van der Waals surface area contributed by atoms with Crippen molar-refractivity contribution < 1.29 is 4.21 Å². The van der Waals surface area contributed by atoms with Crippen LogP contribution in [0.4, 0.5) is 0 Å². The second kappa shape index (κ2) is 4.76. The Labute approximate surface area is 97.5 Å². The molecule has 0 spiro atoms. The Balaban J connectivity index is 2.20. The Bertz CT molecular complexity index is 361. The molecular weight excluding hydrogens is 226 g/mol. The molecule has 2 rings (SSSR count). The van der Waals surface area contributed by atoms with E-state index in [0.717, 1.165) is 17.9 Å². The number of hydrogen-bond donors (Lipinski definition) is 1. The van der Waals surface area contributed by atoms with Gasteiger partial charge in [0, 0.05) is 33.2 Å². The molecule has 1 fully saturated rings. The summed E-state index contributed by atoms with van der Waals surface area (Å²) in [6, 6.07) is 2.91. The lowest BCUT2D eigenvalue weighted by Crippen LogP contribution is -2.30. The molecule has 0 bridgehead atoms. The van der Waals surface area contributed by atoms with Gasteiger partial charge in [-0.2, -0.15) is 0 Å². The van der Waals surface area contributed by atoms with Crippen molar-refractivity contribution >= 4 is 22.1 Å². The predicted octanol–water partition coefficient (Wildman–Crippen LogP) is 2.23. The lowest BCUT2D eigenvalue weighted by molar-refractivity contribution is 0.488. The minimum atomic E-state index is -0.657. The Kier molecular flexibility index (Phi) is 3.59. The van der Waals surface area contributed by atoms with Crippen molar-refractivity contribution in [1.29, 1.82) is 0 Å². The maximum atomic E-state index is 11.7. The van der Waals surface area contributed by atoms with Crippen LogP contribution in [0.2, 0.25) is 0 Å². The van der Waals surface area contributed by atoms with Crippen LogP contribution in [-0.2, 0) is 10.8 Å². The zero-order valence-electron chi connectivity index (χ0n) is 9.16. The topological polar surface area (TPSA) is 29.1 Å². The monoisotopic (exact) mass is 243 g/mol. The molecule has 0 amide bonds. The smallest absolute Gasteiger partial charge is 0.0536 e. The van der Waals surface area contributed by atoms with Crippen LogP contribution in [0.3, 0.4) is 0 Å². The van der Waals surface area contributed by atoms with E-state index < -0.39 is 10.8 Å². The fourth-order valence-electron chi connectivity index (χ4n) is 1.95. The normalized spacial score (nSPS) is 32.5. The minimum absolute atomic E-state index is 0.295. The molecule has 3 atom stereocenters. The average molecular weight is 243 g/mol. The highest BCUT2D eigenvalue weighted by Crippen LogP contribution is 2.26. The predicted molar refractivity (Wildman–Crippen MR) is 66.9 cm³/mol. The average Bonchev–Trinajstić information content (AvgIpc) is 2.53. The molecule has 1 saturated heterocycles. The summed E-state index contributed by atoms with van der Waals surface area (Å²) in [5, 5.41) is 5.69. The van der Waals surface area contributed by atoms with Crippen molar-refractivity contribution in [2.75, 3.05) is 11.5 Å². The van der Waals surface area contributed by atoms with Gasteiger partial charge in [0.25, 0.3) is 0 Å². The van der Waals surface area contributed by atoms with Crippen LogP contribution in [0, 0.1) is 6.92 Å². The van der Waals surface area contributed by atoms with Crippen molar-refractivity contribution in [1.82, 2.24) is 5.32 Å². The third-order valence-electron chi connectivity index (χ3n) is 2.83. The molecular formula is C11H17NOS2. The maximum absolute atomic E-state index is 11.7. The Morgan fingerprint density at radius 1 is 1.60 bits per heavy atom. The molecule has 4 heteroatoms. The second-order valence-electron chi connectivity index (χ2n) is 4.19. The van der Waals surface area contributed by atoms with Gasteiger partial charge >= 0.3 is 0 Å². The highest BCUT2D eigenvalue weighted by molar-refractivity contribution is 7.85. The largest absolute Gasteiger partial charge is 0.306 e.